The number of halogens is 1. The number of amidine groups is 1. The van der Waals surface area contributed by atoms with E-state index in [9.17, 15) is 4.79 Å². The standard InChI is InChI=1S/C10H14BrN3O3/c1-6(9(12)13-16)5-14(2)10(15)7-3-4-17-8(7)11/h3-4,6,16H,5H2,1-2H3,(H2,12,13). The second-order valence-corrected chi connectivity index (χ2v) is 4.44. The minimum atomic E-state index is -0.223. The average Bonchev–Trinajstić information content (AvgIpc) is 2.73. The number of amides is 1. The summed E-state index contributed by atoms with van der Waals surface area (Å²) in [4.78, 5) is 13.5. The van der Waals surface area contributed by atoms with E-state index in [0.29, 0.717) is 16.8 Å². The Bertz CT molecular complexity index is 430. The van der Waals surface area contributed by atoms with E-state index in [0.717, 1.165) is 0 Å². The third-order valence-electron chi connectivity index (χ3n) is 2.36. The summed E-state index contributed by atoms with van der Waals surface area (Å²) in [5, 5.41) is 11.4. The number of rotatable bonds is 4. The molecule has 0 fully saturated rings. The van der Waals surface area contributed by atoms with Crippen LogP contribution >= 0.6 is 15.9 Å². The zero-order valence-corrected chi connectivity index (χ0v) is 11.1. The van der Waals surface area contributed by atoms with Gasteiger partial charge in [0.1, 0.15) is 5.84 Å². The van der Waals surface area contributed by atoms with Crippen LogP contribution in [-0.2, 0) is 0 Å². The Labute approximate surface area is 107 Å². The SMILES string of the molecule is CC(CN(C)C(=O)c1ccoc1Br)/C(N)=N/O. The first-order chi connectivity index (χ1) is 7.97. The number of nitrogens with two attached hydrogens (primary N) is 1. The van der Waals surface area contributed by atoms with Crippen molar-refractivity contribution in [2.75, 3.05) is 13.6 Å². The van der Waals surface area contributed by atoms with Gasteiger partial charge in [-0.1, -0.05) is 12.1 Å². The van der Waals surface area contributed by atoms with Gasteiger partial charge in [-0.2, -0.15) is 0 Å². The van der Waals surface area contributed by atoms with Gasteiger partial charge in [0.05, 0.1) is 11.8 Å². The number of hydrogen-bond acceptors (Lipinski definition) is 4. The molecule has 0 aliphatic carbocycles. The normalized spacial score (nSPS) is 13.5. The summed E-state index contributed by atoms with van der Waals surface area (Å²) in [6.07, 6.45) is 1.43. The fraction of sp³-hybridized carbons (Fsp3) is 0.400. The molecule has 1 aromatic heterocycles. The number of carbonyl (C=O) groups is 1. The lowest BCUT2D eigenvalue weighted by molar-refractivity contribution is 0.0784. The van der Waals surface area contributed by atoms with Crippen LogP contribution in [0.3, 0.4) is 0 Å². The highest BCUT2D eigenvalue weighted by atomic mass is 79.9. The third-order valence-corrected chi connectivity index (χ3v) is 2.98. The second-order valence-electron chi connectivity index (χ2n) is 3.72. The van der Waals surface area contributed by atoms with E-state index in [-0.39, 0.29) is 17.7 Å². The molecular formula is C10H14BrN3O3. The van der Waals surface area contributed by atoms with Crippen LogP contribution in [0.15, 0.2) is 26.6 Å². The lowest BCUT2D eigenvalue weighted by Gasteiger charge is -2.20. The van der Waals surface area contributed by atoms with Crippen LogP contribution in [0.25, 0.3) is 0 Å². The largest absolute Gasteiger partial charge is 0.457 e. The molecule has 7 heteroatoms. The number of hydrogen-bond donors (Lipinski definition) is 2. The van der Waals surface area contributed by atoms with Gasteiger partial charge >= 0.3 is 0 Å². The van der Waals surface area contributed by atoms with Gasteiger partial charge in [-0.05, 0) is 22.0 Å². The van der Waals surface area contributed by atoms with Crippen molar-refractivity contribution >= 4 is 27.7 Å². The fourth-order valence-electron chi connectivity index (χ4n) is 1.34. The molecule has 0 bridgehead atoms. The molecule has 1 rings (SSSR count). The Morgan fingerprint density at radius 3 is 2.88 bits per heavy atom. The van der Waals surface area contributed by atoms with Crippen molar-refractivity contribution in [3.8, 4) is 0 Å². The Balaban J connectivity index is 2.69. The van der Waals surface area contributed by atoms with Crippen LogP contribution in [0.1, 0.15) is 17.3 Å². The molecule has 6 nitrogen and oxygen atoms in total. The molecular weight excluding hydrogens is 290 g/mol. The van der Waals surface area contributed by atoms with E-state index in [4.69, 9.17) is 15.4 Å². The summed E-state index contributed by atoms with van der Waals surface area (Å²) in [6.45, 7) is 2.12. The first kappa shape index (κ1) is 13.6. The first-order valence-corrected chi connectivity index (χ1v) is 5.72. The molecule has 0 aromatic carbocycles. The smallest absolute Gasteiger partial charge is 0.258 e. The summed E-state index contributed by atoms with van der Waals surface area (Å²) >= 11 is 3.14. The third kappa shape index (κ3) is 3.23. The van der Waals surface area contributed by atoms with Crippen molar-refractivity contribution in [1.82, 2.24) is 4.90 Å². The van der Waals surface area contributed by atoms with Crippen LogP contribution in [0.5, 0.6) is 0 Å². The predicted octanol–water partition coefficient (Wildman–Crippen LogP) is 1.50. The van der Waals surface area contributed by atoms with Crippen LogP contribution in [-0.4, -0.2) is 35.4 Å². The summed E-state index contributed by atoms with van der Waals surface area (Å²) in [7, 11) is 1.64. The maximum atomic E-state index is 12.0. The molecule has 1 unspecified atom stereocenters. The first-order valence-electron chi connectivity index (χ1n) is 4.93. The highest BCUT2D eigenvalue weighted by Crippen LogP contribution is 2.19. The summed E-state index contributed by atoms with van der Waals surface area (Å²) in [6, 6.07) is 1.58. The molecule has 1 aromatic rings. The summed E-state index contributed by atoms with van der Waals surface area (Å²) in [5.41, 5.74) is 5.89. The molecule has 94 valence electrons. The molecule has 1 heterocycles. The van der Waals surface area contributed by atoms with Crippen molar-refractivity contribution in [2.45, 2.75) is 6.92 Å². The van der Waals surface area contributed by atoms with Crippen molar-refractivity contribution in [3.05, 3.63) is 22.6 Å². The number of oxime groups is 1. The van der Waals surface area contributed by atoms with Gasteiger partial charge in [-0.3, -0.25) is 4.79 Å². The van der Waals surface area contributed by atoms with E-state index in [1.807, 2.05) is 0 Å². The van der Waals surface area contributed by atoms with Gasteiger partial charge < -0.3 is 20.3 Å². The van der Waals surface area contributed by atoms with Crippen molar-refractivity contribution in [3.63, 3.8) is 0 Å². The maximum absolute atomic E-state index is 12.0. The lowest BCUT2D eigenvalue weighted by atomic mass is 10.1. The van der Waals surface area contributed by atoms with Crippen molar-refractivity contribution < 1.29 is 14.4 Å². The van der Waals surface area contributed by atoms with E-state index in [2.05, 4.69) is 21.1 Å². The highest BCUT2D eigenvalue weighted by Gasteiger charge is 2.20. The van der Waals surface area contributed by atoms with E-state index < -0.39 is 0 Å². The van der Waals surface area contributed by atoms with Crippen molar-refractivity contribution in [2.24, 2.45) is 16.8 Å². The summed E-state index contributed by atoms with van der Waals surface area (Å²) in [5.74, 6) is -0.321. The van der Waals surface area contributed by atoms with Crippen LogP contribution in [0.2, 0.25) is 0 Å². The topological polar surface area (TPSA) is 92.1 Å². The average molecular weight is 304 g/mol. The van der Waals surface area contributed by atoms with Gasteiger partial charge in [0.15, 0.2) is 4.67 Å². The van der Waals surface area contributed by atoms with Crippen LogP contribution in [0.4, 0.5) is 0 Å². The Kier molecular flexibility index (Phi) is 4.56. The maximum Gasteiger partial charge on any atom is 0.258 e. The zero-order valence-electron chi connectivity index (χ0n) is 9.55. The monoisotopic (exact) mass is 303 g/mol. The van der Waals surface area contributed by atoms with Crippen LogP contribution < -0.4 is 5.73 Å². The number of nitrogens with zero attached hydrogens (tertiary/aromatic N) is 2. The molecule has 17 heavy (non-hydrogen) atoms. The fourth-order valence-corrected chi connectivity index (χ4v) is 1.75. The van der Waals surface area contributed by atoms with Gasteiger partial charge in [-0.25, -0.2) is 0 Å². The molecule has 0 saturated carbocycles. The molecule has 0 saturated heterocycles. The Morgan fingerprint density at radius 1 is 1.76 bits per heavy atom. The Morgan fingerprint density at radius 2 is 2.41 bits per heavy atom. The number of furan rings is 1. The van der Waals surface area contributed by atoms with Gasteiger partial charge in [0.2, 0.25) is 0 Å². The molecule has 3 N–H and O–H groups in total. The molecule has 1 atom stereocenters. The zero-order chi connectivity index (χ0) is 13.0. The molecule has 0 aliphatic heterocycles. The minimum absolute atomic E-state index is 0.0934. The van der Waals surface area contributed by atoms with Gasteiger partial charge in [0.25, 0.3) is 5.91 Å². The molecule has 0 spiro atoms. The lowest BCUT2D eigenvalue weighted by Crippen LogP contribution is -2.36. The minimum Gasteiger partial charge on any atom is -0.457 e. The number of carbonyl (C=O) groups excluding carboxylic acids is 1. The quantitative estimate of drug-likeness (QED) is 0.381. The van der Waals surface area contributed by atoms with Gasteiger partial charge in [0, 0.05) is 19.5 Å². The van der Waals surface area contributed by atoms with Crippen LogP contribution in [0, 0.1) is 5.92 Å². The van der Waals surface area contributed by atoms with Crippen molar-refractivity contribution in [1.29, 1.82) is 0 Å². The predicted molar refractivity (Wildman–Crippen MR) is 65.9 cm³/mol. The van der Waals surface area contributed by atoms with E-state index >= 15 is 0 Å². The highest BCUT2D eigenvalue weighted by molar-refractivity contribution is 9.10. The molecule has 0 radical (unpaired) electrons. The summed E-state index contributed by atoms with van der Waals surface area (Å²) < 4.78 is 5.38. The van der Waals surface area contributed by atoms with E-state index in [1.165, 1.54) is 11.2 Å². The van der Waals surface area contributed by atoms with E-state index in [1.54, 1.807) is 20.0 Å². The Hall–Kier alpha value is -1.50. The molecule has 1 amide bonds. The molecule has 0 aliphatic rings. The second kappa shape index (κ2) is 5.72. The van der Waals surface area contributed by atoms with Gasteiger partial charge in [-0.15, -0.1) is 0 Å².